The Kier molecular flexibility index (Phi) is 8.83. The van der Waals surface area contributed by atoms with Gasteiger partial charge in [0.2, 0.25) is 0 Å². The number of carboxylic acids is 1. The molecule has 0 spiro atoms. The van der Waals surface area contributed by atoms with Crippen molar-refractivity contribution in [2.75, 3.05) is 7.05 Å². The molecule has 0 fully saturated rings. The third kappa shape index (κ3) is 4.90. The average molecular weight is 141 g/mol. The molecule has 0 aliphatic rings. The molecule has 0 aromatic heterocycles. The van der Waals surface area contributed by atoms with Crippen LogP contribution < -0.4 is 34.9 Å². The minimum absolute atomic E-state index is 0. The summed E-state index contributed by atoms with van der Waals surface area (Å²) in [6, 6.07) is -0.380. The van der Waals surface area contributed by atoms with Crippen LogP contribution in [-0.2, 0) is 4.79 Å². The Morgan fingerprint density at radius 3 is 2.33 bits per heavy atom. The molecule has 4 heteroatoms. The van der Waals surface area contributed by atoms with Gasteiger partial charge in [0.15, 0.2) is 0 Å². The summed E-state index contributed by atoms with van der Waals surface area (Å²) in [6.45, 7) is 1.83. The van der Waals surface area contributed by atoms with Crippen LogP contribution in [0.3, 0.4) is 0 Å². The van der Waals surface area contributed by atoms with E-state index in [0.717, 1.165) is 0 Å². The van der Waals surface area contributed by atoms with Crippen LogP contribution in [0.15, 0.2) is 0 Å². The van der Waals surface area contributed by atoms with Crippen molar-refractivity contribution in [1.82, 2.24) is 5.32 Å². The van der Waals surface area contributed by atoms with E-state index >= 15 is 0 Å². The van der Waals surface area contributed by atoms with Gasteiger partial charge in [-0.3, -0.25) is 4.79 Å². The van der Waals surface area contributed by atoms with Crippen molar-refractivity contribution in [3.05, 3.63) is 0 Å². The van der Waals surface area contributed by atoms with Crippen LogP contribution in [0.4, 0.5) is 0 Å². The molecule has 0 aliphatic carbocycles. The topological polar surface area (TPSA) is 49.3 Å². The standard InChI is InChI=1S/C5H11NO2.Na.H/c1-3-4(6-2)5(7)8;;/h4,6H,3H2,1-2H3,(H,7,8);;/q;+1;-1. The fourth-order valence-electron chi connectivity index (χ4n) is 0.502. The number of likely N-dealkylation sites (N-methyl/N-ethyl adjacent to an activating group) is 1. The van der Waals surface area contributed by atoms with Crippen LogP contribution >= 0.6 is 0 Å². The predicted molar refractivity (Wildman–Crippen MR) is 31.9 cm³/mol. The molecule has 0 heterocycles. The van der Waals surface area contributed by atoms with Crippen molar-refractivity contribution in [2.24, 2.45) is 0 Å². The molecular weight excluding hydrogens is 129 g/mol. The molecule has 2 N–H and O–H groups in total. The van der Waals surface area contributed by atoms with E-state index in [2.05, 4.69) is 5.32 Å². The number of nitrogens with one attached hydrogen (secondary N) is 1. The van der Waals surface area contributed by atoms with Gasteiger partial charge in [0.25, 0.3) is 0 Å². The van der Waals surface area contributed by atoms with Gasteiger partial charge in [-0.15, -0.1) is 0 Å². The van der Waals surface area contributed by atoms with Gasteiger partial charge in [-0.1, -0.05) is 6.92 Å². The molecule has 0 aromatic carbocycles. The first-order chi connectivity index (χ1) is 3.72. The molecular formula is C5H12NNaO2. The zero-order chi connectivity index (χ0) is 6.57. The molecule has 1 atom stereocenters. The second-order valence-corrected chi connectivity index (χ2v) is 1.59. The molecule has 9 heavy (non-hydrogen) atoms. The van der Waals surface area contributed by atoms with Crippen molar-refractivity contribution in [3.63, 3.8) is 0 Å². The number of rotatable bonds is 3. The monoisotopic (exact) mass is 141 g/mol. The molecule has 0 saturated carbocycles. The Hall–Kier alpha value is 0.430. The van der Waals surface area contributed by atoms with Crippen molar-refractivity contribution >= 4 is 5.97 Å². The maximum Gasteiger partial charge on any atom is 1.00 e. The summed E-state index contributed by atoms with van der Waals surface area (Å²) in [5.74, 6) is -0.782. The number of hydrogen-bond donors (Lipinski definition) is 2. The molecule has 0 aliphatic heterocycles. The Bertz CT molecular complexity index is 87.7. The average Bonchev–Trinajstić information content (AvgIpc) is 1.69. The first kappa shape index (κ1) is 12.1. The first-order valence-corrected chi connectivity index (χ1v) is 2.62. The zero-order valence-corrected chi connectivity index (χ0v) is 8.14. The summed E-state index contributed by atoms with van der Waals surface area (Å²) in [7, 11) is 1.64. The van der Waals surface area contributed by atoms with Gasteiger partial charge in [0, 0.05) is 0 Å². The SMILES string of the molecule is CCC(NC)C(=O)O.[H-].[Na+]. The Morgan fingerprint density at radius 2 is 2.33 bits per heavy atom. The van der Waals surface area contributed by atoms with Gasteiger partial charge in [-0.05, 0) is 13.5 Å². The molecule has 0 aromatic rings. The Morgan fingerprint density at radius 1 is 1.89 bits per heavy atom. The first-order valence-electron chi connectivity index (χ1n) is 2.62. The fraction of sp³-hybridized carbons (Fsp3) is 0.800. The van der Waals surface area contributed by atoms with Crippen LogP contribution in [0.25, 0.3) is 0 Å². The van der Waals surface area contributed by atoms with Gasteiger partial charge in [-0.25, -0.2) is 0 Å². The molecule has 50 valence electrons. The predicted octanol–water partition coefficient (Wildman–Crippen LogP) is -2.81. The minimum Gasteiger partial charge on any atom is -1.00 e. The van der Waals surface area contributed by atoms with Crippen LogP contribution in [0.2, 0.25) is 0 Å². The summed E-state index contributed by atoms with van der Waals surface area (Å²) in [5.41, 5.74) is 0. The van der Waals surface area contributed by atoms with E-state index in [-0.39, 0.29) is 37.0 Å². The van der Waals surface area contributed by atoms with Gasteiger partial charge < -0.3 is 11.8 Å². The van der Waals surface area contributed by atoms with E-state index < -0.39 is 5.97 Å². The number of hydrogen-bond acceptors (Lipinski definition) is 2. The van der Waals surface area contributed by atoms with Gasteiger partial charge in [0.05, 0.1) is 0 Å². The molecule has 3 nitrogen and oxygen atoms in total. The van der Waals surface area contributed by atoms with Gasteiger partial charge >= 0.3 is 35.5 Å². The summed E-state index contributed by atoms with van der Waals surface area (Å²) < 4.78 is 0. The molecule has 0 radical (unpaired) electrons. The molecule has 0 amide bonds. The Balaban J connectivity index is -0.000000245. The van der Waals surface area contributed by atoms with Crippen molar-refractivity contribution in [1.29, 1.82) is 0 Å². The third-order valence-corrected chi connectivity index (χ3v) is 1.05. The van der Waals surface area contributed by atoms with Gasteiger partial charge in [0.1, 0.15) is 6.04 Å². The van der Waals surface area contributed by atoms with E-state index in [1.807, 2.05) is 6.92 Å². The normalized spacial score (nSPS) is 11.8. The number of carboxylic acid groups (broad SMARTS) is 1. The summed E-state index contributed by atoms with van der Waals surface area (Å²) >= 11 is 0. The van der Waals surface area contributed by atoms with E-state index in [1.165, 1.54) is 0 Å². The van der Waals surface area contributed by atoms with Crippen molar-refractivity contribution in [2.45, 2.75) is 19.4 Å². The van der Waals surface area contributed by atoms with E-state index in [0.29, 0.717) is 6.42 Å². The summed E-state index contributed by atoms with van der Waals surface area (Å²) in [4.78, 5) is 10.1. The van der Waals surface area contributed by atoms with E-state index in [9.17, 15) is 4.79 Å². The fourth-order valence-corrected chi connectivity index (χ4v) is 0.502. The van der Waals surface area contributed by atoms with Crippen LogP contribution in [0.5, 0.6) is 0 Å². The second kappa shape index (κ2) is 6.55. The second-order valence-electron chi connectivity index (χ2n) is 1.59. The summed E-state index contributed by atoms with van der Waals surface area (Å²) in [5, 5.41) is 11.0. The minimum atomic E-state index is -0.782. The van der Waals surface area contributed by atoms with Gasteiger partial charge in [-0.2, -0.15) is 0 Å². The Labute approximate surface area is 78.6 Å². The quantitative estimate of drug-likeness (QED) is 0.417. The van der Waals surface area contributed by atoms with Crippen molar-refractivity contribution < 1.29 is 40.9 Å². The number of carbonyl (C=O) groups is 1. The van der Waals surface area contributed by atoms with E-state index in [4.69, 9.17) is 5.11 Å². The van der Waals surface area contributed by atoms with Crippen LogP contribution in [-0.4, -0.2) is 24.2 Å². The molecule has 0 saturated heterocycles. The molecule has 0 rings (SSSR count). The maximum atomic E-state index is 10.1. The third-order valence-electron chi connectivity index (χ3n) is 1.05. The largest absolute Gasteiger partial charge is 1.00 e. The van der Waals surface area contributed by atoms with Crippen LogP contribution in [0.1, 0.15) is 14.8 Å². The number of aliphatic carboxylic acids is 1. The zero-order valence-electron chi connectivity index (χ0n) is 7.14. The smallest absolute Gasteiger partial charge is 1.00 e. The van der Waals surface area contributed by atoms with Crippen LogP contribution in [0, 0.1) is 0 Å². The van der Waals surface area contributed by atoms with Crippen molar-refractivity contribution in [3.8, 4) is 0 Å². The summed E-state index contributed by atoms with van der Waals surface area (Å²) in [6.07, 6.45) is 0.631. The molecule has 0 bridgehead atoms. The van der Waals surface area contributed by atoms with E-state index in [1.54, 1.807) is 7.05 Å². The maximum absolute atomic E-state index is 10.1. The molecule has 1 unspecified atom stereocenters.